The Hall–Kier alpha value is -3.15. The van der Waals surface area contributed by atoms with E-state index in [-0.39, 0.29) is 23.6 Å². The quantitative estimate of drug-likeness (QED) is 0.727. The molecule has 0 radical (unpaired) electrons. The van der Waals surface area contributed by atoms with E-state index in [0.717, 1.165) is 37.9 Å². The van der Waals surface area contributed by atoms with E-state index in [2.05, 4.69) is 5.32 Å². The van der Waals surface area contributed by atoms with E-state index in [0.29, 0.717) is 43.6 Å². The molecule has 3 amide bonds. The van der Waals surface area contributed by atoms with Gasteiger partial charge in [0.05, 0.1) is 0 Å². The molecule has 6 nitrogen and oxygen atoms in total. The second kappa shape index (κ2) is 10.6. The van der Waals surface area contributed by atoms with Crippen molar-refractivity contribution in [2.75, 3.05) is 31.5 Å². The molecule has 2 aromatic rings. The second-order valence-electron chi connectivity index (χ2n) is 9.11. The number of nitrogens with zero attached hydrogens (tertiary/aromatic N) is 2. The number of likely N-dealkylation sites (tertiary alicyclic amines) is 2. The van der Waals surface area contributed by atoms with E-state index in [1.54, 1.807) is 0 Å². The number of anilines is 1. The predicted molar refractivity (Wildman–Crippen MR) is 129 cm³/mol. The normalized spacial score (nSPS) is 16.6. The summed E-state index contributed by atoms with van der Waals surface area (Å²) < 4.78 is 0. The van der Waals surface area contributed by atoms with Gasteiger partial charge in [-0.2, -0.15) is 0 Å². The van der Waals surface area contributed by atoms with Crippen LogP contribution < -0.4 is 5.32 Å². The third kappa shape index (κ3) is 5.62. The molecule has 2 heterocycles. The lowest BCUT2D eigenvalue weighted by atomic mass is 9.95. The van der Waals surface area contributed by atoms with Gasteiger partial charge in [-0.25, -0.2) is 0 Å². The third-order valence-corrected chi connectivity index (χ3v) is 6.90. The van der Waals surface area contributed by atoms with E-state index in [1.807, 2.05) is 65.3 Å². The Bertz CT molecular complexity index is 991. The Labute approximate surface area is 196 Å². The van der Waals surface area contributed by atoms with Crippen LogP contribution in [0.4, 0.5) is 5.69 Å². The highest BCUT2D eigenvalue weighted by Gasteiger charge is 2.28. The van der Waals surface area contributed by atoms with Crippen molar-refractivity contribution in [3.63, 3.8) is 0 Å². The molecule has 6 heteroatoms. The van der Waals surface area contributed by atoms with Crippen LogP contribution in [-0.2, 0) is 16.0 Å². The van der Waals surface area contributed by atoms with E-state index >= 15 is 0 Å². The molecule has 33 heavy (non-hydrogen) atoms. The Kier molecular flexibility index (Phi) is 7.43. The van der Waals surface area contributed by atoms with Crippen molar-refractivity contribution in [1.82, 2.24) is 9.80 Å². The summed E-state index contributed by atoms with van der Waals surface area (Å²) in [6.45, 7) is 4.72. The van der Waals surface area contributed by atoms with Gasteiger partial charge in [-0.05, 0) is 62.3 Å². The molecule has 2 aliphatic heterocycles. The van der Waals surface area contributed by atoms with Gasteiger partial charge in [-0.1, -0.05) is 36.4 Å². The van der Waals surface area contributed by atoms with Crippen LogP contribution in [0.15, 0.2) is 48.5 Å². The van der Waals surface area contributed by atoms with Crippen LogP contribution in [0.25, 0.3) is 0 Å². The minimum absolute atomic E-state index is 0.0275. The lowest BCUT2D eigenvalue weighted by Gasteiger charge is -2.31. The first-order valence-electron chi connectivity index (χ1n) is 12.0. The molecule has 4 rings (SSSR count). The maximum absolute atomic E-state index is 12.9. The predicted octanol–water partition coefficient (Wildman–Crippen LogP) is 4.04. The van der Waals surface area contributed by atoms with Gasteiger partial charge < -0.3 is 15.1 Å². The topological polar surface area (TPSA) is 69.7 Å². The van der Waals surface area contributed by atoms with Crippen molar-refractivity contribution in [3.8, 4) is 0 Å². The third-order valence-electron chi connectivity index (χ3n) is 6.90. The van der Waals surface area contributed by atoms with E-state index in [4.69, 9.17) is 0 Å². The first-order chi connectivity index (χ1) is 16.0. The molecule has 2 saturated heterocycles. The van der Waals surface area contributed by atoms with Gasteiger partial charge in [-0.3, -0.25) is 14.4 Å². The number of hydrogen-bond acceptors (Lipinski definition) is 3. The maximum Gasteiger partial charge on any atom is 0.254 e. The highest BCUT2D eigenvalue weighted by Crippen LogP contribution is 2.25. The summed E-state index contributed by atoms with van der Waals surface area (Å²) in [5.41, 5.74) is 3.34. The van der Waals surface area contributed by atoms with Crippen LogP contribution in [0, 0.1) is 12.8 Å². The van der Waals surface area contributed by atoms with Gasteiger partial charge in [0.25, 0.3) is 5.91 Å². The zero-order valence-corrected chi connectivity index (χ0v) is 19.4. The van der Waals surface area contributed by atoms with Gasteiger partial charge in [0.2, 0.25) is 11.8 Å². The summed E-state index contributed by atoms with van der Waals surface area (Å²) >= 11 is 0. The lowest BCUT2D eigenvalue weighted by Crippen LogP contribution is -2.41. The fourth-order valence-corrected chi connectivity index (χ4v) is 4.77. The SMILES string of the molecule is Cc1c(NC(=O)C2CCN(C(=O)CCc3ccccc3)CC2)cccc1C(=O)N1CCCC1. The standard InChI is InChI=1S/C27H33N3O3/c1-20-23(27(33)30-16-5-6-17-30)10-7-11-24(20)28-26(32)22-14-18-29(19-15-22)25(31)13-12-21-8-3-2-4-9-21/h2-4,7-11,22H,5-6,12-19H2,1H3,(H,28,32). The summed E-state index contributed by atoms with van der Waals surface area (Å²) in [7, 11) is 0. The minimum Gasteiger partial charge on any atom is -0.343 e. The molecular weight excluding hydrogens is 414 g/mol. The number of amides is 3. The first kappa shape index (κ1) is 23.0. The average Bonchev–Trinajstić information content (AvgIpc) is 3.39. The Morgan fingerprint density at radius 1 is 0.879 bits per heavy atom. The average molecular weight is 448 g/mol. The number of carbonyl (C=O) groups is 3. The number of nitrogens with one attached hydrogen (secondary N) is 1. The molecule has 0 unspecified atom stereocenters. The summed E-state index contributed by atoms with van der Waals surface area (Å²) in [5, 5.41) is 3.04. The van der Waals surface area contributed by atoms with Crippen LogP contribution in [0.2, 0.25) is 0 Å². The molecule has 0 spiro atoms. The summed E-state index contributed by atoms with van der Waals surface area (Å²) in [4.78, 5) is 42.1. The van der Waals surface area contributed by atoms with Gasteiger partial charge >= 0.3 is 0 Å². The first-order valence-corrected chi connectivity index (χ1v) is 12.0. The zero-order valence-electron chi connectivity index (χ0n) is 19.4. The van der Waals surface area contributed by atoms with Gasteiger partial charge in [-0.15, -0.1) is 0 Å². The summed E-state index contributed by atoms with van der Waals surface area (Å²) in [6, 6.07) is 15.6. The minimum atomic E-state index is -0.125. The summed E-state index contributed by atoms with van der Waals surface area (Å²) in [5.74, 6) is 0.0471. The monoisotopic (exact) mass is 447 g/mol. The smallest absolute Gasteiger partial charge is 0.254 e. The van der Waals surface area contributed by atoms with Crippen LogP contribution in [-0.4, -0.2) is 53.7 Å². The maximum atomic E-state index is 12.9. The molecular formula is C27H33N3O3. The highest BCUT2D eigenvalue weighted by molar-refractivity contribution is 6.00. The molecule has 0 aliphatic carbocycles. The number of piperidine rings is 1. The fourth-order valence-electron chi connectivity index (χ4n) is 4.77. The Morgan fingerprint density at radius 3 is 2.27 bits per heavy atom. The molecule has 0 atom stereocenters. The summed E-state index contributed by atoms with van der Waals surface area (Å²) in [6.07, 6.45) is 4.66. The van der Waals surface area contributed by atoms with Crippen molar-refractivity contribution in [3.05, 3.63) is 65.2 Å². The van der Waals surface area contributed by atoms with E-state index in [1.165, 1.54) is 5.56 Å². The number of rotatable bonds is 6. The largest absolute Gasteiger partial charge is 0.343 e. The highest BCUT2D eigenvalue weighted by atomic mass is 16.2. The van der Waals surface area contributed by atoms with Gasteiger partial charge in [0.15, 0.2) is 0 Å². The zero-order chi connectivity index (χ0) is 23.2. The molecule has 174 valence electrons. The lowest BCUT2D eigenvalue weighted by molar-refractivity contribution is -0.134. The van der Waals surface area contributed by atoms with Crippen molar-refractivity contribution in [2.45, 2.75) is 45.4 Å². The number of hydrogen-bond donors (Lipinski definition) is 1. The van der Waals surface area contributed by atoms with Crippen molar-refractivity contribution in [1.29, 1.82) is 0 Å². The van der Waals surface area contributed by atoms with E-state index in [9.17, 15) is 14.4 Å². The van der Waals surface area contributed by atoms with Crippen molar-refractivity contribution in [2.24, 2.45) is 5.92 Å². The molecule has 2 aliphatic rings. The van der Waals surface area contributed by atoms with Crippen molar-refractivity contribution >= 4 is 23.4 Å². The molecule has 1 N–H and O–H groups in total. The molecule has 2 fully saturated rings. The van der Waals surface area contributed by atoms with Crippen LogP contribution >= 0.6 is 0 Å². The van der Waals surface area contributed by atoms with Crippen LogP contribution in [0.5, 0.6) is 0 Å². The fraction of sp³-hybridized carbons (Fsp3) is 0.444. The number of aryl methyl sites for hydroxylation is 1. The van der Waals surface area contributed by atoms with Crippen molar-refractivity contribution < 1.29 is 14.4 Å². The van der Waals surface area contributed by atoms with E-state index < -0.39 is 0 Å². The van der Waals surface area contributed by atoms with Gasteiger partial charge in [0.1, 0.15) is 0 Å². The molecule has 0 saturated carbocycles. The Balaban J connectivity index is 1.29. The van der Waals surface area contributed by atoms with Crippen LogP contribution in [0.3, 0.4) is 0 Å². The molecule has 2 aromatic carbocycles. The van der Waals surface area contributed by atoms with Gasteiger partial charge in [0, 0.05) is 49.8 Å². The molecule has 0 bridgehead atoms. The number of benzene rings is 2. The van der Waals surface area contributed by atoms with Crippen LogP contribution in [0.1, 0.15) is 53.6 Å². The second-order valence-corrected chi connectivity index (χ2v) is 9.11. The Morgan fingerprint density at radius 2 is 1.58 bits per heavy atom. The molecule has 0 aromatic heterocycles. The number of carbonyl (C=O) groups excluding carboxylic acids is 3.